The van der Waals surface area contributed by atoms with Crippen molar-refractivity contribution in [3.63, 3.8) is 0 Å². The number of hydrogen-bond acceptors (Lipinski definition) is 8. The number of nitrogens with one attached hydrogen (secondary N) is 2. The van der Waals surface area contributed by atoms with Crippen LogP contribution in [-0.2, 0) is 10.2 Å². The fourth-order valence-corrected chi connectivity index (χ4v) is 6.66. The van der Waals surface area contributed by atoms with E-state index in [-0.39, 0.29) is 36.3 Å². The van der Waals surface area contributed by atoms with E-state index in [1.54, 1.807) is 45.2 Å². The Kier molecular flexibility index (Phi) is 6.77. The van der Waals surface area contributed by atoms with E-state index < -0.39 is 5.41 Å². The van der Waals surface area contributed by atoms with E-state index in [1.165, 1.54) is 9.80 Å². The summed E-state index contributed by atoms with van der Waals surface area (Å²) in [5.74, 6) is 0.588. The zero-order valence-electron chi connectivity index (χ0n) is 24.1. The second-order valence-corrected chi connectivity index (χ2v) is 11.7. The van der Waals surface area contributed by atoms with Crippen LogP contribution in [0.5, 0.6) is 0 Å². The zero-order chi connectivity index (χ0) is 29.8. The Bertz CT molecular complexity index is 1540. The van der Waals surface area contributed by atoms with E-state index in [0.717, 1.165) is 35.1 Å². The Morgan fingerprint density at radius 3 is 2.17 bits per heavy atom. The first-order chi connectivity index (χ1) is 20.2. The highest BCUT2D eigenvalue weighted by atomic mass is 16.2. The number of piperidine rings is 1. The van der Waals surface area contributed by atoms with Gasteiger partial charge in [0, 0.05) is 45.4 Å². The molecule has 2 aromatic carbocycles. The Hall–Kier alpha value is -4.63. The van der Waals surface area contributed by atoms with Crippen molar-refractivity contribution < 1.29 is 14.4 Å². The van der Waals surface area contributed by atoms with E-state index in [2.05, 4.69) is 32.0 Å². The standard InChI is InChI=1S/C30H33N9O3/c1-37(2)27(41)17-5-7-23-21(12-17)22-13-18(28(42)38(3)4)6-8-24(22)30(23,29-33-35-36-34-29)9-10-32-16-26(40)39-20(15-31)11-19-14-25(19)39/h5-8,12-13,19-20,25,32H,9-11,14,16H2,1-4H3,(H,33,34,35,36)/t19-,20+,25+/m1/s1. The molecule has 2 aliphatic carbocycles. The lowest BCUT2D eigenvalue weighted by atomic mass is 9.74. The molecule has 2 heterocycles. The third kappa shape index (κ3) is 4.32. The third-order valence-electron chi connectivity index (χ3n) is 8.78. The first-order valence-corrected chi connectivity index (χ1v) is 14.1. The monoisotopic (exact) mass is 567 g/mol. The second-order valence-electron chi connectivity index (χ2n) is 11.7. The summed E-state index contributed by atoms with van der Waals surface area (Å²) < 4.78 is 0. The number of nitriles is 1. The third-order valence-corrected chi connectivity index (χ3v) is 8.78. The summed E-state index contributed by atoms with van der Waals surface area (Å²) in [4.78, 5) is 43.7. The van der Waals surface area contributed by atoms with Gasteiger partial charge in [-0.2, -0.15) is 10.5 Å². The maximum absolute atomic E-state index is 13.1. The number of H-pyrrole nitrogens is 1. The van der Waals surface area contributed by atoms with Gasteiger partial charge in [0.15, 0.2) is 5.82 Å². The number of nitrogens with zero attached hydrogens (tertiary/aromatic N) is 7. The van der Waals surface area contributed by atoms with Crippen LogP contribution in [-0.4, -0.2) is 106 Å². The van der Waals surface area contributed by atoms with E-state index in [9.17, 15) is 19.6 Å². The fraction of sp³-hybridized carbons (Fsp3) is 0.433. The van der Waals surface area contributed by atoms with Gasteiger partial charge >= 0.3 is 0 Å². The van der Waals surface area contributed by atoms with Crippen LogP contribution < -0.4 is 5.32 Å². The second kappa shape index (κ2) is 10.3. The number of aromatic amines is 1. The molecular weight excluding hydrogens is 534 g/mol. The lowest BCUT2D eigenvalue weighted by Crippen LogP contribution is -2.43. The van der Waals surface area contributed by atoms with Gasteiger partial charge in [-0.3, -0.25) is 14.4 Å². The number of amides is 3. The smallest absolute Gasteiger partial charge is 0.253 e. The molecule has 1 saturated heterocycles. The summed E-state index contributed by atoms with van der Waals surface area (Å²) in [6.07, 6.45) is 2.22. The Morgan fingerprint density at radius 2 is 1.64 bits per heavy atom. The van der Waals surface area contributed by atoms with E-state index in [0.29, 0.717) is 35.8 Å². The molecule has 3 amide bonds. The van der Waals surface area contributed by atoms with Crippen molar-refractivity contribution >= 4 is 17.7 Å². The molecule has 1 aromatic heterocycles. The number of likely N-dealkylation sites (tertiary alicyclic amines) is 1. The molecule has 3 aliphatic rings. The highest BCUT2D eigenvalue weighted by molar-refractivity contribution is 5.99. The van der Waals surface area contributed by atoms with Gasteiger partial charge < -0.3 is 20.0 Å². The molecule has 0 spiro atoms. The van der Waals surface area contributed by atoms with Crippen molar-refractivity contribution in [2.45, 2.75) is 36.8 Å². The van der Waals surface area contributed by atoms with Crippen molar-refractivity contribution in [2.24, 2.45) is 5.92 Å². The summed E-state index contributed by atoms with van der Waals surface area (Å²) in [7, 11) is 6.83. The van der Waals surface area contributed by atoms with E-state index in [1.807, 2.05) is 24.3 Å². The molecule has 0 bridgehead atoms. The van der Waals surface area contributed by atoms with Crippen LogP contribution in [0.15, 0.2) is 36.4 Å². The number of benzene rings is 2. The number of tetrazole rings is 1. The minimum Gasteiger partial charge on any atom is -0.345 e. The fourth-order valence-electron chi connectivity index (χ4n) is 6.66. The lowest BCUT2D eigenvalue weighted by molar-refractivity contribution is -0.131. The minimum absolute atomic E-state index is 0.0638. The van der Waals surface area contributed by atoms with Gasteiger partial charge in [0.05, 0.1) is 18.0 Å². The predicted octanol–water partition coefficient (Wildman–Crippen LogP) is 1.41. The van der Waals surface area contributed by atoms with Gasteiger partial charge in [-0.15, -0.1) is 10.2 Å². The molecule has 0 radical (unpaired) electrons. The highest BCUT2D eigenvalue weighted by Gasteiger charge is 2.54. The molecule has 42 heavy (non-hydrogen) atoms. The Morgan fingerprint density at radius 1 is 1.02 bits per heavy atom. The quantitative estimate of drug-likeness (QED) is 0.388. The maximum Gasteiger partial charge on any atom is 0.253 e. The number of carbonyl (C=O) groups is 3. The number of carbonyl (C=O) groups excluding carboxylic acids is 3. The van der Waals surface area contributed by atoms with Crippen molar-refractivity contribution in [2.75, 3.05) is 41.3 Å². The summed E-state index contributed by atoms with van der Waals surface area (Å²) in [5, 5.41) is 28.1. The largest absolute Gasteiger partial charge is 0.345 e. The van der Waals surface area contributed by atoms with Gasteiger partial charge in [-0.25, -0.2) is 0 Å². The van der Waals surface area contributed by atoms with Crippen LogP contribution in [0.4, 0.5) is 0 Å². The zero-order valence-corrected chi connectivity index (χ0v) is 24.1. The SMILES string of the molecule is CN(C)C(=O)c1ccc2c(c1)-c1cc(C(=O)N(C)C)ccc1C2(CCNCC(=O)N1[C@H](C#N)C[C@@H]2C[C@@H]21)c1nn[nH]n1. The first kappa shape index (κ1) is 27.5. The molecule has 12 heteroatoms. The van der Waals surface area contributed by atoms with Crippen LogP contribution >= 0.6 is 0 Å². The van der Waals surface area contributed by atoms with Crippen molar-refractivity contribution in [3.8, 4) is 17.2 Å². The molecule has 3 aromatic rings. The summed E-state index contributed by atoms with van der Waals surface area (Å²) in [5.41, 5.74) is 3.62. The molecule has 2 fully saturated rings. The normalized spacial score (nSPS) is 20.7. The Balaban J connectivity index is 1.36. The minimum atomic E-state index is -0.850. The van der Waals surface area contributed by atoms with Crippen LogP contribution in [0, 0.1) is 17.2 Å². The molecule has 6 rings (SSSR count). The highest BCUT2D eigenvalue weighted by Crippen LogP contribution is 2.54. The topological polar surface area (TPSA) is 151 Å². The number of fused-ring (bicyclic) bond motifs is 4. The number of aromatic nitrogens is 4. The number of rotatable bonds is 8. The van der Waals surface area contributed by atoms with Crippen LogP contribution in [0.2, 0.25) is 0 Å². The summed E-state index contributed by atoms with van der Waals surface area (Å²) in [6, 6.07) is 13.3. The number of hydrogen-bond donors (Lipinski definition) is 2. The average Bonchev–Trinajstić information content (AvgIpc) is 3.31. The van der Waals surface area contributed by atoms with Crippen molar-refractivity contribution in [1.82, 2.24) is 40.6 Å². The molecule has 12 nitrogen and oxygen atoms in total. The van der Waals surface area contributed by atoms with E-state index in [4.69, 9.17) is 0 Å². The van der Waals surface area contributed by atoms with Gasteiger partial charge in [0.2, 0.25) is 5.91 Å². The molecule has 2 N–H and O–H groups in total. The van der Waals surface area contributed by atoms with Crippen molar-refractivity contribution in [3.05, 3.63) is 64.5 Å². The molecule has 1 saturated carbocycles. The molecule has 216 valence electrons. The molecular formula is C30H33N9O3. The van der Waals surface area contributed by atoms with Crippen LogP contribution in [0.25, 0.3) is 11.1 Å². The molecule has 3 atom stereocenters. The predicted molar refractivity (Wildman–Crippen MR) is 152 cm³/mol. The Labute approximate surface area is 243 Å². The van der Waals surface area contributed by atoms with Gasteiger partial charge in [-0.05, 0) is 78.2 Å². The lowest BCUT2D eigenvalue weighted by Gasteiger charge is -2.29. The molecule has 1 aliphatic heterocycles. The average molecular weight is 568 g/mol. The van der Waals surface area contributed by atoms with E-state index >= 15 is 0 Å². The molecule has 0 unspecified atom stereocenters. The summed E-state index contributed by atoms with van der Waals surface area (Å²) >= 11 is 0. The van der Waals surface area contributed by atoms with Crippen LogP contribution in [0.3, 0.4) is 0 Å². The van der Waals surface area contributed by atoms with Gasteiger partial charge in [-0.1, -0.05) is 17.3 Å². The van der Waals surface area contributed by atoms with Crippen LogP contribution in [0.1, 0.15) is 56.9 Å². The maximum atomic E-state index is 13.1. The van der Waals surface area contributed by atoms with Gasteiger partial charge in [0.25, 0.3) is 11.8 Å². The van der Waals surface area contributed by atoms with Gasteiger partial charge in [0.1, 0.15) is 6.04 Å². The van der Waals surface area contributed by atoms with Crippen molar-refractivity contribution in [1.29, 1.82) is 5.26 Å². The summed E-state index contributed by atoms with van der Waals surface area (Å²) in [6.45, 7) is 0.561. The first-order valence-electron chi connectivity index (χ1n) is 14.1.